The molecule has 1 aliphatic rings. The van der Waals surface area contributed by atoms with Gasteiger partial charge in [-0.2, -0.15) is 0 Å². The molecule has 2 atom stereocenters. The van der Waals surface area contributed by atoms with Gasteiger partial charge in [0.15, 0.2) is 0 Å². The molecule has 36 heavy (non-hydrogen) atoms. The number of carbonyl (C=O) groups excluding carboxylic acids is 2. The Morgan fingerprint density at radius 2 is 1.72 bits per heavy atom. The summed E-state index contributed by atoms with van der Waals surface area (Å²) in [5.74, 6) is 0.343. The van der Waals surface area contributed by atoms with Crippen LogP contribution in [0.25, 0.3) is 0 Å². The van der Waals surface area contributed by atoms with Crippen molar-refractivity contribution in [2.24, 2.45) is 0 Å². The summed E-state index contributed by atoms with van der Waals surface area (Å²) in [6.07, 6.45) is 2.06. The van der Waals surface area contributed by atoms with Crippen molar-refractivity contribution in [1.29, 1.82) is 0 Å². The molecule has 7 heteroatoms. The first-order chi connectivity index (χ1) is 17.5. The van der Waals surface area contributed by atoms with Gasteiger partial charge in [0.05, 0.1) is 19.6 Å². The summed E-state index contributed by atoms with van der Waals surface area (Å²) in [6, 6.07) is 23.3. The van der Waals surface area contributed by atoms with E-state index in [1.54, 1.807) is 24.1 Å². The van der Waals surface area contributed by atoms with Gasteiger partial charge in [-0.15, -0.1) is 0 Å². The number of nitrogens with one attached hydrogen (secondary N) is 1. The fourth-order valence-electron chi connectivity index (χ4n) is 4.35. The lowest BCUT2D eigenvalue weighted by molar-refractivity contribution is -0.141. The van der Waals surface area contributed by atoms with Crippen molar-refractivity contribution >= 4 is 23.4 Å². The zero-order valence-corrected chi connectivity index (χ0v) is 21.1. The van der Waals surface area contributed by atoms with Crippen LogP contribution in [0.5, 0.6) is 5.75 Å². The van der Waals surface area contributed by atoms with E-state index in [0.717, 1.165) is 35.3 Å². The maximum Gasteiger partial charge on any atom is 0.247 e. The van der Waals surface area contributed by atoms with Gasteiger partial charge in [-0.3, -0.25) is 9.59 Å². The summed E-state index contributed by atoms with van der Waals surface area (Å²) in [5, 5.41) is 3.65. The largest absolute Gasteiger partial charge is 0.497 e. The van der Waals surface area contributed by atoms with Crippen LogP contribution in [0.4, 0.5) is 0 Å². The molecule has 2 amide bonds. The molecule has 0 aliphatic carbocycles. The molecule has 188 valence electrons. The quantitative estimate of drug-likeness (QED) is 0.422. The minimum atomic E-state index is -0.797. The number of carbonyl (C=O) groups is 2. The molecule has 6 nitrogen and oxygen atoms in total. The molecule has 0 radical (unpaired) electrons. The predicted molar refractivity (Wildman–Crippen MR) is 140 cm³/mol. The third-order valence-corrected chi connectivity index (χ3v) is 6.56. The molecular formula is C29H31ClN2O4. The van der Waals surface area contributed by atoms with Gasteiger partial charge in [0, 0.05) is 24.7 Å². The van der Waals surface area contributed by atoms with Crippen LogP contribution >= 0.6 is 11.6 Å². The Bertz CT molecular complexity index is 1130. The van der Waals surface area contributed by atoms with Crippen molar-refractivity contribution in [1.82, 2.24) is 10.2 Å². The molecular weight excluding hydrogens is 476 g/mol. The highest BCUT2D eigenvalue weighted by Crippen LogP contribution is 2.26. The normalized spacial score (nSPS) is 15.8. The number of benzene rings is 3. The van der Waals surface area contributed by atoms with E-state index >= 15 is 0 Å². The van der Waals surface area contributed by atoms with Gasteiger partial charge in [0.25, 0.3) is 0 Å². The van der Waals surface area contributed by atoms with Crippen molar-refractivity contribution in [2.45, 2.75) is 38.0 Å². The van der Waals surface area contributed by atoms with Gasteiger partial charge >= 0.3 is 0 Å². The van der Waals surface area contributed by atoms with E-state index in [-0.39, 0.29) is 30.9 Å². The number of hydrogen-bond donors (Lipinski definition) is 1. The van der Waals surface area contributed by atoms with E-state index in [1.807, 2.05) is 66.7 Å². The standard InChI is InChI=1S/C29H31ClN2O4/c1-35-25-15-11-22(12-16-25)20-32(27(33)18-21-9-13-24(30)14-10-21)28(23-6-3-2-4-7-23)29(34)31-19-26-8-5-17-36-26/h2-4,6-7,9-16,26,28H,5,8,17-20H2,1H3,(H,31,34)/t26-,28-/m0/s1. The highest BCUT2D eigenvalue weighted by molar-refractivity contribution is 6.30. The molecule has 1 N–H and O–H groups in total. The number of halogens is 1. The summed E-state index contributed by atoms with van der Waals surface area (Å²) in [7, 11) is 1.61. The van der Waals surface area contributed by atoms with Gasteiger partial charge in [-0.25, -0.2) is 0 Å². The Labute approximate surface area is 217 Å². The highest BCUT2D eigenvalue weighted by atomic mass is 35.5. The smallest absolute Gasteiger partial charge is 0.247 e. The van der Waals surface area contributed by atoms with Crippen molar-refractivity contribution < 1.29 is 19.1 Å². The van der Waals surface area contributed by atoms with E-state index in [0.29, 0.717) is 18.2 Å². The Balaban J connectivity index is 1.64. The van der Waals surface area contributed by atoms with Crippen LogP contribution in [0, 0.1) is 0 Å². The number of nitrogens with zero attached hydrogens (tertiary/aromatic N) is 1. The molecule has 1 fully saturated rings. The van der Waals surface area contributed by atoms with Crippen LogP contribution in [0.2, 0.25) is 5.02 Å². The first-order valence-corrected chi connectivity index (χ1v) is 12.5. The zero-order chi connectivity index (χ0) is 25.3. The molecule has 4 rings (SSSR count). The fraction of sp³-hybridized carbons (Fsp3) is 0.310. The maximum absolute atomic E-state index is 13.8. The molecule has 0 bridgehead atoms. The molecule has 1 saturated heterocycles. The molecule has 0 spiro atoms. The lowest BCUT2D eigenvalue weighted by atomic mass is 10.0. The molecule has 3 aromatic carbocycles. The molecule has 3 aromatic rings. The van der Waals surface area contributed by atoms with Crippen LogP contribution in [-0.2, 0) is 27.3 Å². The SMILES string of the molecule is COc1ccc(CN(C(=O)Cc2ccc(Cl)cc2)[C@H](C(=O)NC[C@@H]2CCCO2)c2ccccc2)cc1. The van der Waals surface area contributed by atoms with Crippen molar-refractivity contribution in [3.63, 3.8) is 0 Å². The van der Waals surface area contributed by atoms with E-state index in [4.69, 9.17) is 21.1 Å². The number of methoxy groups -OCH3 is 1. The van der Waals surface area contributed by atoms with Crippen LogP contribution in [0.3, 0.4) is 0 Å². The van der Waals surface area contributed by atoms with Crippen molar-refractivity contribution in [3.8, 4) is 5.75 Å². The highest BCUT2D eigenvalue weighted by Gasteiger charge is 2.32. The van der Waals surface area contributed by atoms with Gasteiger partial charge in [0.1, 0.15) is 11.8 Å². The monoisotopic (exact) mass is 506 g/mol. The van der Waals surface area contributed by atoms with Crippen LogP contribution in [0.1, 0.15) is 35.6 Å². The lowest BCUT2D eigenvalue weighted by Crippen LogP contribution is -2.45. The average molecular weight is 507 g/mol. The third kappa shape index (κ3) is 6.86. The zero-order valence-electron chi connectivity index (χ0n) is 20.4. The van der Waals surface area contributed by atoms with Crippen molar-refractivity contribution in [2.75, 3.05) is 20.3 Å². The third-order valence-electron chi connectivity index (χ3n) is 6.30. The van der Waals surface area contributed by atoms with E-state index in [9.17, 15) is 9.59 Å². The summed E-state index contributed by atoms with van der Waals surface area (Å²) >= 11 is 6.03. The molecule has 0 saturated carbocycles. The number of ether oxygens (including phenoxy) is 2. The van der Waals surface area contributed by atoms with E-state index in [2.05, 4.69) is 5.32 Å². The molecule has 1 aliphatic heterocycles. The summed E-state index contributed by atoms with van der Waals surface area (Å²) < 4.78 is 11.0. The Morgan fingerprint density at radius 3 is 2.36 bits per heavy atom. The summed E-state index contributed by atoms with van der Waals surface area (Å²) in [4.78, 5) is 29.1. The number of amides is 2. The van der Waals surface area contributed by atoms with E-state index in [1.165, 1.54) is 0 Å². The Morgan fingerprint density at radius 1 is 1.03 bits per heavy atom. The summed E-state index contributed by atoms with van der Waals surface area (Å²) in [6.45, 7) is 1.40. The Kier molecular flexibility index (Phi) is 8.98. The van der Waals surface area contributed by atoms with E-state index < -0.39 is 6.04 Å². The van der Waals surface area contributed by atoms with Crippen LogP contribution in [-0.4, -0.2) is 43.1 Å². The topological polar surface area (TPSA) is 67.9 Å². The van der Waals surface area contributed by atoms with Crippen LogP contribution in [0.15, 0.2) is 78.9 Å². The average Bonchev–Trinajstić information content (AvgIpc) is 3.43. The van der Waals surface area contributed by atoms with Crippen LogP contribution < -0.4 is 10.1 Å². The van der Waals surface area contributed by atoms with Gasteiger partial charge in [0.2, 0.25) is 11.8 Å². The second-order valence-electron chi connectivity index (χ2n) is 8.87. The number of hydrogen-bond acceptors (Lipinski definition) is 4. The molecule has 0 unspecified atom stereocenters. The minimum Gasteiger partial charge on any atom is -0.497 e. The minimum absolute atomic E-state index is 0.00480. The predicted octanol–water partition coefficient (Wildman–Crippen LogP) is 4.96. The molecule has 1 heterocycles. The second-order valence-corrected chi connectivity index (χ2v) is 9.30. The van der Waals surface area contributed by atoms with Gasteiger partial charge in [-0.05, 0) is 53.8 Å². The fourth-order valence-corrected chi connectivity index (χ4v) is 4.48. The van der Waals surface area contributed by atoms with Gasteiger partial charge in [-0.1, -0.05) is 66.2 Å². The first kappa shape index (κ1) is 25.7. The Hall–Kier alpha value is -3.35. The maximum atomic E-state index is 13.8. The van der Waals surface area contributed by atoms with Gasteiger partial charge < -0.3 is 19.7 Å². The lowest BCUT2D eigenvalue weighted by Gasteiger charge is -2.32. The second kappa shape index (κ2) is 12.6. The van der Waals surface area contributed by atoms with Crippen molar-refractivity contribution in [3.05, 3.63) is 101 Å². The molecule has 0 aromatic heterocycles. The summed E-state index contributed by atoms with van der Waals surface area (Å²) in [5.41, 5.74) is 2.48. The first-order valence-electron chi connectivity index (χ1n) is 12.1. The number of rotatable bonds is 10.